The van der Waals surface area contributed by atoms with Gasteiger partial charge in [-0.1, -0.05) is 30.3 Å². The molecular weight excluding hydrogens is 469 g/mol. The number of likely N-dealkylation sites (tertiary alicyclic amines) is 1. The van der Waals surface area contributed by atoms with E-state index in [2.05, 4.69) is 25.8 Å². The summed E-state index contributed by atoms with van der Waals surface area (Å²) < 4.78 is 1.93. The third-order valence-electron chi connectivity index (χ3n) is 4.73. The lowest BCUT2D eigenvalue weighted by molar-refractivity contribution is -0.128. The summed E-state index contributed by atoms with van der Waals surface area (Å²) in [5.41, 5.74) is 1.11. The van der Waals surface area contributed by atoms with E-state index in [0.29, 0.717) is 19.0 Å². The summed E-state index contributed by atoms with van der Waals surface area (Å²) in [7, 11) is 1.93. The van der Waals surface area contributed by atoms with Crippen LogP contribution >= 0.6 is 24.0 Å². The maximum Gasteiger partial charge on any atom is 0.241 e. The van der Waals surface area contributed by atoms with Crippen molar-refractivity contribution in [2.24, 2.45) is 12.0 Å². The van der Waals surface area contributed by atoms with E-state index in [1.165, 1.54) is 0 Å². The molecule has 0 radical (unpaired) electrons. The van der Waals surface area contributed by atoms with Crippen LogP contribution in [0.5, 0.6) is 0 Å². The van der Waals surface area contributed by atoms with E-state index in [0.717, 1.165) is 43.1 Å². The van der Waals surface area contributed by atoms with E-state index in [-0.39, 0.29) is 36.4 Å². The zero-order valence-corrected chi connectivity index (χ0v) is 18.7. The largest absolute Gasteiger partial charge is 0.349 e. The van der Waals surface area contributed by atoms with Crippen molar-refractivity contribution >= 4 is 35.8 Å². The molecule has 0 unspecified atom stereocenters. The first-order valence-electron chi connectivity index (χ1n) is 9.32. The summed E-state index contributed by atoms with van der Waals surface area (Å²) in [5.74, 6) is 2.36. The van der Waals surface area contributed by atoms with Crippen LogP contribution < -0.4 is 10.6 Å². The van der Waals surface area contributed by atoms with Crippen LogP contribution in [-0.4, -0.2) is 51.2 Å². The molecule has 2 aromatic rings. The van der Waals surface area contributed by atoms with Gasteiger partial charge in [-0.3, -0.25) is 4.79 Å². The number of benzene rings is 1. The van der Waals surface area contributed by atoms with Gasteiger partial charge in [-0.05, 0) is 25.3 Å². The number of halogens is 1. The molecule has 1 aliphatic rings. The lowest BCUT2D eigenvalue weighted by Gasteiger charge is -2.17. The number of aliphatic imine (C=N–C) groups is 1. The molecule has 1 amide bonds. The SMILES string of the molecule is Cc1nnc(CNC(=NCc2ccccc2)NCC(=O)N2CCCC2)n1C.I. The number of hydrogen-bond acceptors (Lipinski definition) is 4. The minimum absolute atomic E-state index is 0. The second kappa shape index (κ2) is 11.0. The average Bonchev–Trinajstić information content (AvgIpc) is 3.33. The van der Waals surface area contributed by atoms with Gasteiger partial charge in [0.1, 0.15) is 5.82 Å². The molecule has 1 saturated heterocycles. The van der Waals surface area contributed by atoms with Gasteiger partial charge >= 0.3 is 0 Å². The van der Waals surface area contributed by atoms with Crippen molar-refractivity contribution in [2.75, 3.05) is 19.6 Å². The number of nitrogens with zero attached hydrogens (tertiary/aromatic N) is 5. The predicted molar refractivity (Wildman–Crippen MR) is 119 cm³/mol. The first-order valence-corrected chi connectivity index (χ1v) is 9.32. The standard InChI is InChI=1S/C19H27N7O.HI/c1-15-23-24-17(25(15)2)13-21-19(20-12-16-8-4-3-5-9-16)22-14-18(27)26-10-6-7-11-26;/h3-5,8-9H,6-7,10-14H2,1-2H3,(H2,20,21,22);1H. The highest BCUT2D eigenvalue weighted by molar-refractivity contribution is 14.0. The van der Waals surface area contributed by atoms with Crippen molar-refractivity contribution in [3.05, 3.63) is 47.5 Å². The van der Waals surface area contributed by atoms with Crippen LogP contribution in [0, 0.1) is 6.92 Å². The number of rotatable bonds is 6. The molecule has 1 aromatic heterocycles. The Bertz CT molecular complexity index is 785. The van der Waals surface area contributed by atoms with Crippen molar-refractivity contribution in [2.45, 2.75) is 32.9 Å². The van der Waals surface area contributed by atoms with Crippen molar-refractivity contribution in [3.63, 3.8) is 0 Å². The van der Waals surface area contributed by atoms with Crippen LogP contribution in [0.15, 0.2) is 35.3 Å². The van der Waals surface area contributed by atoms with Crippen LogP contribution in [0.4, 0.5) is 0 Å². The molecule has 28 heavy (non-hydrogen) atoms. The fraction of sp³-hybridized carbons (Fsp3) is 0.474. The molecule has 0 bridgehead atoms. The molecule has 152 valence electrons. The summed E-state index contributed by atoms with van der Waals surface area (Å²) in [6.07, 6.45) is 2.18. The Morgan fingerprint density at radius 1 is 1.14 bits per heavy atom. The smallest absolute Gasteiger partial charge is 0.241 e. The van der Waals surface area contributed by atoms with Crippen molar-refractivity contribution in [1.29, 1.82) is 0 Å². The number of guanidine groups is 1. The molecule has 3 rings (SSSR count). The second-order valence-corrected chi connectivity index (χ2v) is 6.67. The van der Waals surface area contributed by atoms with Crippen LogP contribution in [-0.2, 0) is 24.9 Å². The van der Waals surface area contributed by atoms with Crippen LogP contribution in [0.3, 0.4) is 0 Å². The average molecular weight is 497 g/mol. The minimum Gasteiger partial charge on any atom is -0.349 e. The molecule has 0 atom stereocenters. The van der Waals surface area contributed by atoms with Crippen LogP contribution in [0.25, 0.3) is 0 Å². The number of aromatic nitrogens is 3. The highest BCUT2D eigenvalue weighted by Gasteiger charge is 2.18. The van der Waals surface area contributed by atoms with Crippen LogP contribution in [0.2, 0.25) is 0 Å². The summed E-state index contributed by atoms with van der Waals surface area (Å²) in [6, 6.07) is 10.0. The van der Waals surface area contributed by atoms with Gasteiger partial charge in [0.15, 0.2) is 11.8 Å². The van der Waals surface area contributed by atoms with Crippen molar-refractivity contribution in [1.82, 2.24) is 30.3 Å². The van der Waals surface area contributed by atoms with Gasteiger partial charge in [-0.2, -0.15) is 0 Å². The fourth-order valence-corrected chi connectivity index (χ4v) is 2.93. The quantitative estimate of drug-likeness (QED) is 0.360. The van der Waals surface area contributed by atoms with Gasteiger partial charge in [-0.15, -0.1) is 34.2 Å². The third-order valence-corrected chi connectivity index (χ3v) is 4.73. The Kier molecular flexibility index (Phi) is 8.68. The Hall–Kier alpha value is -2.17. The molecule has 1 fully saturated rings. The number of carbonyl (C=O) groups excluding carboxylic acids is 1. The monoisotopic (exact) mass is 497 g/mol. The van der Waals surface area contributed by atoms with Gasteiger partial charge in [0.05, 0.1) is 19.6 Å². The van der Waals surface area contributed by atoms with Gasteiger partial charge in [-0.25, -0.2) is 4.99 Å². The van der Waals surface area contributed by atoms with E-state index < -0.39 is 0 Å². The molecule has 2 N–H and O–H groups in total. The molecule has 1 aromatic carbocycles. The molecule has 0 saturated carbocycles. The Morgan fingerprint density at radius 2 is 1.86 bits per heavy atom. The summed E-state index contributed by atoms with van der Waals surface area (Å²) >= 11 is 0. The number of hydrogen-bond donors (Lipinski definition) is 2. The Labute approximate surface area is 182 Å². The first-order chi connectivity index (χ1) is 13.1. The highest BCUT2D eigenvalue weighted by Crippen LogP contribution is 2.06. The fourth-order valence-electron chi connectivity index (χ4n) is 2.93. The third kappa shape index (κ3) is 6.18. The summed E-state index contributed by atoms with van der Waals surface area (Å²) in [6.45, 7) is 4.86. The predicted octanol–water partition coefficient (Wildman–Crippen LogP) is 1.60. The number of carbonyl (C=O) groups is 1. The number of nitrogens with one attached hydrogen (secondary N) is 2. The topological polar surface area (TPSA) is 87.4 Å². The normalized spacial score (nSPS) is 13.9. The molecule has 9 heteroatoms. The zero-order chi connectivity index (χ0) is 19.1. The molecule has 0 spiro atoms. The van der Waals surface area contributed by atoms with E-state index >= 15 is 0 Å². The van der Waals surface area contributed by atoms with E-state index in [1.54, 1.807) is 0 Å². The minimum atomic E-state index is 0. The van der Waals surface area contributed by atoms with Crippen LogP contribution in [0.1, 0.15) is 30.1 Å². The van der Waals surface area contributed by atoms with E-state index in [4.69, 9.17) is 0 Å². The maximum atomic E-state index is 12.3. The second-order valence-electron chi connectivity index (χ2n) is 6.67. The molecule has 1 aliphatic heterocycles. The first kappa shape index (κ1) is 22.1. The van der Waals surface area contributed by atoms with Crippen molar-refractivity contribution in [3.8, 4) is 0 Å². The van der Waals surface area contributed by atoms with Gasteiger partial charge in [0.2, 0.25) is 5.91 Å². The van der Waals surface area contributed by atoms with E-state index in [1.807, 2.05) is 53.8 Å². The van der Waals surface area contributed by atoms with E-state index in [9.17, 15) is 4.79 Å². The number of amides is 1. The van der Waals surface area contributed by atoms with Gasteiger partial charge < -0.3 is 20.1 Å². The maximum absolute atomic E-state index is 12.3. The zero-order valence-electron chi connectivity index (χ0n) is 16.4. The van der Waals surface area contributed by atoms with Crippen molar-refractivity contribution < 1.29 is 4.79 Å². The lowest BCUT2D eigenvalue weighted by atomic mass is 10.2. The molecule has 8 nitrogen and oxygen atoms in total. The summed E-state index contributed by atoms with van der Waals surface area (Å²) in [4.78, 5) is 18.8. The molecule has 0 aliphatic carbocycles. The van der Waals surface area contributed by atoms with Gasteiger partial charge in [0, 0.05) is 20.1 Å². The van der Waals surface area contributed by atoms with Gasteiger partial charge in [0.25, 0.3) is 0 Å². The lowest BCUT2D eigenvalue weighted by Crippen LogP contribution is -2.44. The highest BCUT2D eigenvalue weighted by atomic mass is 127. The summed E-state index contributed by atoms with van der Waals surface area (Å²) in [5, 5.41) is 14.6. The molecule has 2 heterocycles. The Morgan fingerprint density at radius 3 is 2.50 bits per heavy atom. The number of aryl methyl sites for hydroxylation is 1. The Balaban J connectivity index is 0.00000280. The molecular formula is C19H28IN7O.